The zero-order valence-corrected chi connectivity index (χ0v) is 17.3. The number of nitrogens with zero attached hydrogens (tertiary/aromatic N) is 2. The molecule has 1 saturated heterocycles. The smallest absolute Gasteiger partial charge is 0.320 e. The molecule has 2 heterocycles. The standard InChI is InChI=1S/C22H28N6O3/c23-19(29)10-12-25-21(30)18(15-16-7-2-1-3-8-16)27-22(31)26-17-9-6-11-24-20(17)28-13-4-5-14-28/h1-3,6-9,11,18H,4-5,10,12-15H2,(H2,23,29)(H,25,30)(H2,26,27,31)/t18-/m0/s1. The number of anilines is 2. The third kappa shape index (κ3) is 6.70. The van der Waals surface area contributed by atoms with Gasteiger partial charge in [0, 0.05) is 38.7 Å². The summed E-state index contributed by atoms with van der Waals surface area (Å²) in [5, 5.41) is 8.23. The Morgan fingerprint density at radius 1 is 1.06 bits per heavy atom. The number of primary amides is 1. The van der Waals surface area contributed by atoms with Gasteiger partial charge in [0.15, 0.2) is 5.82 Å². The van der Waals surface area contributed by atoms with E-state index < -0.39 is 18.0 Å². The van der Waals surface area contributed by atoms with Gasteiger partial charge in [0.1, 0.15) is 6.04 Å². The third-order valence-electron chi connectivity index (χ3n) is 5.02. The quantitative estimate of drug-likeness (QED) is 0.484. The summed E-state index contributed by atoms with van der Waals surface area (Å²) >= 11 is 0. The number of hydrogen-bond acceptors (Lipinski definition) is 5. The van der Waals surface area contributed by atoms with Crippen LogP contribution in [0.25, 0.3) is 0 Å². The molecule has 164 valence electrons. The van der Waals surface area contributed by atoms with Crippen molar-refractivity contribution in [1.82, 2.24) is 15.6 Å². The SMILES string of the molecule is NC(=O)CCNC(=O)[C@H](Cc1ccccc1)NC(=O)Nc1cccnc1N1CCCC1. The van der Waals surface area contributed by atoms with Gasteiger partial charge in [-0.15, -0.1) is 0 Å². The lowest BCUT2D eigenvalue weighted by molar-refractivity contribution is -0.123. The molecule has 1 atom stereocenters. The Kier molecular flexibility index (Phi) is 7.80. The highest BCUT2D eigenvalue weighted by Gasteiger charge is 2.23. The number of nitrogens with one attached hydrogen (secondary N) is 3. The summed E-state index contributed by atoms with van der Waals surface area (Å²) in [6.45, 7) is 1.91. The molecule has 1 aromatic carbocycles. The number of rotatable bonds is 9. The minimum Gasteiger partial charge on any atom is -0.370 e. The number of urea groups is 1. The molecule has 4 amide bonds. The van der Waals surface area contributed by atoms with Crippen LogP contribution in [0.2, 0.25) is 0 Å². The first-order chi connectivity index (χ1) is 15.0. The van der Waals surface area contributed by atoms with Crippen molar-refractivity contribution in [2.24, 2.45) is 5.73 Å². The molecule has 5 N–H and O–H groups in total. The minimum atomic E-state index is -0.817. The number of aromatic nitrogens is 1. The molecule has 1 aliphatic rings. The molecule has 3 rings (SSSR count). The van der Waals surface area contributed by atoms with Crippen LogP contribution in [0.1, 0.15) is 24.8 Å². The lowest BCUT2D eigenvalue weighted by atomic mass is 10.1. The van der Waals surface area contributed by atoms with Gasteiger partial charge in [0.2, 0.25) is 11.8 Å². The summed E-state index contributed by atoms with van der Waals surface area (Å²) in [5.74, 6) is -0.163. The largest absolute Gasteiger partial charge is 0.370 e. The van der Waals surface area contributed by atoms with E-state index in [1.54, 1.807) is 18.3 Å². The molecule has 0 saturated carbocycles. The van der Waals surface area contributed by atoms with E-state index in [1.165, 1.54) is 0 Å². The van der Waals surface area contributed by atoms with Gasteiger partial charge in [-0.25, -0.2) is 9.78 Å². The van der Waals surface area contributed by atoms with Crippen LogP contribution in [0, 0.1) is 0 Å². The molecule has 9 heteroatoms. The van der Waals surface area contributed by atoms with Crippen molar-refractivity contribution in [1.29, 1.82) is 0 Å². The molecule has 0 aliphatic carbocycles. The summed E-state index contributed by atoms with van der Waals surface area (Å²) in [6.07, 6.45) is 4.22. The summed E-state index contributed by atoms with van der Waals surface area (Å²) in [7, 11) is 0. The number of pyridine rings is 1. The van der Waals surface area contributed by atoms with Gasteiger partial charge in [-0.3, -0.25) is 9.59 Å². The molecule has 1 aliphatic heterocycles. The van der Waals surface area contributed by atoms with Crippen molar-refractivity contribution < 1.29 is 14.4 Å². The molecule has 0 unspecified atom stereocenters. The maximum atomic E-state index is 12.7. The highest BCUT2D eigenvalue weighted by molar-refractivity contribution is 5.96. The van der Waals surface area contributed by atoms with Crippen LogP contribution in [0.15, 0.2) is 48.7 Å². The van der Waals surface area contributed by atoms with E-state index in [1.807, 2.05) is 30.3 Å². The van der Waals surface area contributed by atoms with Crippen molar-refractivity contribution in [3.8, 4) is 0 Å². The minimum absolute atomic E-state index is 0.0326. The van der Waals surface area contributed by atoms with Crippen LogP contribution in [0.4, 0.5) is 16.3 Å². The van der Waals surface area contributed by atoms with Gasteiger partial charge in [-0.2, -0.15) is 0 Å². The number of carbonyl (C=O) groups excluding carboxylic acids is 3. The number of carbonyl (C=O) groups is 3. The molecular weight excluding hydrogens is 396 g/mol. The van der Waals surface area contributed by atoms with E-state index in [0.717, 1.165) is 37.3 Å². The Hall–Kier alpha value is -3.62. The van der Waals surface area contributed by atoms with Gasteiger partial charge in [0.05, 0.1) is 5.69 Å². The van der Waals surface area contributed by atoms with Crippen LogP contribution < -0.4 is 26.6 Å². The second-order valence-corrected chi connectivity index (χ2v) is 7.42. The predicted octanol–water partition coefficient (Wildman–Crippen LogP) is 1.41. The molecule has 1 aromatic heterocycles. The zero-order valence-electron chi connectivity index (χ0n) is 17.3. The highest BCUT2D eigenvalue weighted by Crippen LogP contribution is 2.25. The number of amides is 4. The molecule has 0 bridgehead atoms. The lowest BCUT2D eigenvalue weighted by Crippen LogP contribution is -2.49. The fourth-order valence-electron chi connectivity index (χ4n) is 3.48. The monoisotopic (exact) mass is 424 g/mol. The van der Waals surface area contributed by atoms with Crippen molar-refractivity contribution in [3.63, 3.8) is 0 Å². The van der Waals surface area contributed by atoms with E-state index in [4.69, 9.17) is 5.73 Å². The first kappa shape index (κ1) is 22.1. The topological polar surface area (TPSA) is 129 Å². The van der Waals surface area contributed by atoms with Gasteiger partial charge >= 0.3 is 6.03 Å². The molecule has 2 aromatic rings. The van der Waals surface area contributed by atoms with E-state index in [0.29, 0.717) is 12.1 Å². The van der Waals surface area contributed by atoms with Gasteiger partial charge in [0.25, 0.3) is 0 Å². The van der Waals surface area contributed by atoms with Crippen LogP contribution in [0.5, 0.6) is 0 Å². The first-order valence-corrected chi connectivity index (χ1v) is 10.4. The fraction of sp³-hybridized carbons (Fsp3) is 0.364. The fourth-order valence-corrected chi connectivity index (χ4v) is 3.48. The average Bonchev–Trinajstić information content (AvgIpc) is 3.29. The third-order valence-corrected chi connectivity index (χ3v) is 5.02. The number of hydrogen-bond donors (Lipinski definition) is 4. The van der Waals surface area contributed by atoms with E-state index in [2.05, 4.69) is 25.8 Å². The summed E-state index contributed by atoms with van der Waals surface area (Å²) in [5.41, 5.74) is 6.62. The Bertz CT molecular complexity index is 899. The van der Waals surface area contributed by atoms with Crippen molar-refractivity contribution in [2.75, 3.05) is 29.9 Å². The van der Waals surface area contributed by atoms with Crippen molar-refractivity contribution in [2.45, 2.75) is 31.7 Å². The Labute approximate surface area is 181 Å². The Morgan fingerprint density at radius 2 is 1.81 bits per heavy atom. The normalized spacial score (nSPS) is 14.0. The molecule has 9 nitrogen and oxygen atoms in total. The van der Waals surface area contributed by atoms with Crippen LogP contribution >= 0.6 is 0 Å². The number of benzene rings is 1. The second-order valence-electron chi connectivity index (χ2n) is 7.42. The van der Waals surface area contributed by atoms with E-state index >= 15 is 0 Å². The van der Waals surface area contributed by atoms with Crippen LogP contribution in [0.3, 0.4) is 0 Å². The molecular formula is C22H28N6O3. The summed E-state index contributed by atoms with van der Waals surface area (Å²) < 4.78 is 0. The predicted molar refractivity (Wildman–Crippen MR) is 119 cm³/mol. The summed E-state index contributed by atoms with van der Waals surface area (Å²) in [4.78, 5) is 42.9. The first-order valence-electron chi connectivity index (χ1n) is 10.4. The molecule has 0 radical (unpaired) electrons. The maximum Gasteiger partial charge on any atom is 0.320 e. The average molecular weight is 425 g/mol. The van der Waals surface area contributed by atoms with Gasteiger partial charge < -0.3 is 26.6 Å². The molecule has 31 heavy (non-hydrogen) atoms. The van der Waals surface area contributed by atoms with Crippen LogP contribution in [-0.4, -0.2) is 48.5 Å². The Morgan fingerprint density at radius 3 is 2.52 bits per heavy atom. The van der Waals surface area contributed by atoms with E-state index in [-0.39, 0.29) is 18.9 Å². The van der Waals surface area contributed by atoms with Crippen molar-refractivity contribution in [3.05, 3.63) is 54.2 Å². The van der Waals surface area contributed by atoms with Crippen molar-refractivity contribution >= 4 is 29.4 Å². The van der Waals surface area contributed by atoms with E-state index in [9.17, 15) is 14.4 Å². The molecule has 1 fully saturated rings. The number of nitrogens with two attached hydrogens (primary N) is 1. The lowest BCUT2D eigenvalue weighted by Gasteiger charge is -2.22. The maximum absolute atomic E-state index is 12.7. The second kappa shape index (κ2) is 11.0. The Balaban J connectivity index is 1.67. The zero-order chi connectivity index (χ0) is 22.1. The summed E-state index contributed by atoms with van der Waals surface area (Å²) in [6, 6.07) is 11.6. The van der Waals surface area contributed by atoms with Gasteiger partial charge in [-0.1, -0.05) is 30.3 Å². The van der Waals surface area contributed by atoms with Gasteiger partial charge in [-0.05, 0) is 30.5 Å². The highest BCUT2D eigenvalue weighted by atomic mass is 16.2. The van der Waals surface area contributed by atoms with Crippen LogP contribution in [-0.2, 0) is 16.0 Å². The molecule has 0 spiro atoms.